The summed E-state index contributed by atoms with van der Waals surface area (Å²) in [6.45, 7) is 2.36. The minimum Gasteiger partial charge on any atom is -0.327 e. The molecule has 0 spiro atoms. The molecule has 1 atom stereocenters. The predicted molar refractivity (Wildman–Crippen MR) is 113 cm³/mol. The van der Waals surface area contributed by atoms with Crippen molar-refractivity contribution in [2.75, 3.05) is 0 Å². The fourth-order valence-corrected chi connectivity index (χ4v) is 4.75. The molecule has 1 unspecified atom stereocenters. The zero-order valence-electron chi connectivity index (χ0n) is 15.5. The maximum Gasteiger partial charge on any atom is 0.0412 e. The SMILES string of the molecule is CC1CC(N2C=CC=CC=C2)=c2ccc3c(c2C1)CC=c1ccc(Cl)cc1=3. The third-order valence-corrected chi connectivity index (χ3v) is 6.04. The molecule has 0 aromatic heterocycles. The van der Waals surface area contributed by atoms with E-state index in [9.17, 15) is 0 Å². The molecule has 0 saturated heterocycles. The highest BCUT2D eigenvalue weighted by atomic mass is 35.5. The van der Waals surface area contributed by atoms with Crippen LogP contribution in [0.4, 0.5) is 0 Å². The first-order valence-electron chi connectivity index (χ1n) is 9.65. The van der Waals surface area contributed by atoms with E-state index in [-0.39, 0.29) is 0 Å². The molecule has 2 aromatic carbocycles. The number of allylic oxidation sites excluding steroid dienone is 4. The lowest BCUT2D eigenvalue weighted by Crippen LogP contribution is -2.30. The van der Waals surface area contributed by atoms with Gasteiger partial charge >= 0.3 is 0 Å². The molecule has 2 heteroatoms. The van der Waals surface area contributed by atoms with Crippen LogP contribution in [0.3, 0.4) is 0 Å². The van der Waals surface area contributed by atoms with Crippen molar-refractivity contribution >= 4 is 23.4 Å². The van der Waals surface area contributed by atoms with E-state index in [2.05, 4.69) is 78.9 Å². The van der Waals surface area contributed by atoms with E-state index >= 15 is 0 Å². The lowest BCUT2D eigenvalue weighted by Gasteiger charge is -2.29. The fourth-order valence-electron chi connectivity index (χ4n) is 4.58. The summed E-state index contributed by atoms with van der Waals surface area (Å²) >= 11 is 6.30. The Balaban J connectivity index is 1.84. The summed E-state index contributed by atoms with van der Waals surface area (Å²) in [6.07, 6.45) is 18.3. The number of halogens is 1. The van der Waals surface area contributed by atoms with Gasteiger partial charge in [0.2, 0.25) is 0 Å². The average Bonchev–Trinajstić information content (AvgIpc) is 2.96. The predicted octanol–water partition coefficient (Wildman–Crippen LogP) is 4.55. The number of rotatable bonds is 1. The van der Waals surface area contributed by atoms with Crippen molar-refractivity contribution in [1.82, 2.24) is 4.90 Å². The Hall–Kier alpha value is -2.51. The number of benzene rings is 2. The normalized spacial score (nSPS) is 19.9. The van der Waals surface area contributed by atoms with Crippen LogP contribution in [0.15, 0.2) is 67.0 Å². The molecular formula is C25H22ClN. The zero-order valence-corrected chi connectivity index (χ0v) is 16.2. The van der Waals surface area contributed by atoms with E-state index in [1.165, 1.54) is 37.7 Å². The van der Waals surface area contributed by atoms with Gasteiger partial charge in [0, 0.05) is 23.1 Å². The van der Waals surface area contributed by atoms with Gasteiger partial charge in [0.15, 0.2) is 0 Å². The quantitative estimate of drug-likeness (QED) is 0.710. The molecule has 5 rings (SSSR count). The van der Waals surface area contributed by atoms with Crippen molar-refractivity contribution in [3.63, 3.8) is 0 Å². The van der Waals surface area contributed by atoms with Crippen LogP contribution in [0, 0.1) is 16.4 Å². The third-order valence-electron chi connectivity index (χ3n) is 5.81. The van der Waals surface area contributed by atoms with Gasteiger partial charge < -0.3 is 4.90 Å². The summed E-state index contributed by atoms with van der Waals surface area (Å²) in [6, 6.07) is 10.9. The van der Waals surface area contributed by atoms with Gasteiger partial charge in [0.1, 0.15) is 0 Å². The molecule has 0 bridgehead atoms. The summed E-state index contributed by atoms with van der Waals surface area (Å²) in [4.78, 5) is 2.29. The van der Waals surface area contributed by atoms with Gasteiger partial charge in [0.05, 0.1) is 0 Å². The molecule has 27 heavy (non-hydrogen) atoms. The van der Waals surface area contributed by atoms with Gasteiger partial charge in [-0.15, -0.1) is 0 Å². The van der Waals surface area contributed by atoms with Crippen molar-refractivity contribution in [3.8, 4) is 0 Å². The van der Waals surface area contributed by atoms with Crippen molar-refractivity contribution in [2.24, 2.45) is 5.92 Å². The van der Waals surface area contributed by atoms with Gasteiger partial charge in [-0.2, -0.15) is 0 Å². The Kier molecular flexibility index (Phi) is 4.06. The molecule has 1 nitrogen and oxygen atoms in total. The zero-order chi connectivity index (χ0) is 18.4. The van der Waals surface area contributed by atoms with E-state index in [1.54, 1.807) is 0 Å². The first-order valence-corrected chi connectivity index (χ1v) is 10.0. The van der Waals surface area contributed by atoms with E-state index in [1.807, 2.05) is 6.07 Å². The van der Waals surface area contributed by atoms with E-state index in [0.717, 1.165) is 24.3 Å². The lowest BCUT2D eigenvalue weighted by atomic mass is 9.83. The molecule has 2 aromatic rings. The van der Waals surface area contributed by atoms with E-state index in [4.69, 9.17) is 11.6 Å². The van der Waals surface area contributed by atoms with E-state index in [0.29, 0.717) is 5.92 Å². The van der Waals surface area contributed by atoms with Crippen LogP contribution in [0.5, 0.6) is 0 Å². The molecule has 134 valence electrons. The molecule has 3 aliphatic rings. The summed E-state index contributed by atoms with van der Waals surface area (Å²) in [5.41, 5.74) is 4.40. The average molecular weight is 372 g/mol. The summed E-state index contributed by atoms with van der Waals surface area (Å²) in [5, 5.41) is 6.13. The molecule has 1 heterocycles. The van der Waals surface area contributed by atoms with E-state index < -0.39 is 0 Å². The van der Waals surface area contributed by atoms with Crippen LogP contribution in [-0.2, 0) is 12.8 Å². The summed E-state index contributed by atoms with van der Waals surface area (Å²) < 4.78 is 0. The van der Waals surface area contributed by atoms with Gasteiger partial charge in [-0.25, -0.2) is 0 Å². The molecule has 0 fully saturated rings. The molecule has 1 aliphatic heterocycles. The van der Waals surface area contributed by atoms with Gasteiger partial charge in [-0.1, -0.05) is 55.0 Å². The van der Waals surface area contributed by atoms with Crippen LogP contribution < -0.4 is 10.4 Å². The van der Waals surface area contributed by atoms with Crippen LogP contribution in [0.1, 0.15) is 24.5 Å². The molecular weight excluding hydrogens is 350 g/mol. The number of hydrogen-bond donors (Lipinski definition) is 0. The van der Waals surface area contributed by atoms with Crippen LogP contribution in [-0.4, -0.2) is 4.90 Å². The molecule has 0 saturated carbocycles. The van der Waals surface area contributed by atoms with Crippen molar-refractivity contribution in [3.05, 3.63) is 104 Å². The Bertz CT molecular complexity index is 1210. The second-order valence-corrected chi connectivity index (χ2v) is 8.13. The van der Waals surface area contributed by atoms with Crippen molar-refractivity contribution in [2.45, 2.75) is 26.2 Å². The van der Waals surface area contributed by atoms with Crippen LogP contribution in [0.2, 0.25) is 5.02 Å². The highest BCUT2D eigenvalue weighted by molar-refractivity contribution is 6.30. The Morgan fingerprint density at radius 2 is 1.63 bits per heavy atom. The minimum atomic E-state index is 0.637. The first kappa shape index (κ1) is 16.6. The third kappa shape index (κ3) is 2.87. The van der Waals surface area contributed by atoms with Crippen LogP contribution >= 0.6 is 11.6 Å². The van der Waals surface area contributed by atoms with Crippen molar-refractivity contribution in [1.29, 1.82) is 0 Å². The maximum absolute atomic E-state index is 6.30. The second kappa shape index (κ2) is 6.58. The topological polar surface area (TPSA) is 3.24 Å². The first-order chi connectivity index (χ1) is 13.2. The van der Waals surface area contributed by atoms with Gasteiger partial charge in [0.25, 0.3) is 0 Å². The Labute approximate surface area is 164 Å². The maximum atomic E-state index is 6.30. The molecule has 0 radical (unpaired) electrons. The van der Waals surface area contributed by atoms with Gasteiger partial charge in [-0.05, 0) is 81.5 Å². The van der Waals surface area contributed by atoms with Crippen molar-refractivity contribution < 1.29 is 0 Å². The highest BCUT2D eigenvalue weighted by Crippen LogP contribution is 2.28. The number of nitrogens with zero attached hydrogens (tertiary/aromatic N) is 1. The number of fused-ring (bicyclic) bond motifs is 4. The second-order valence-electron chi connectivity index (χ2n) is 7.69. The molecule has 2 aliphatic carbocycles. The van der Waals surface area contributed by atoms with Gasteiger partial charge in [-0.3, -0.25) is 0 Å². The molecule has 0 amide bonds. The molecule has 0 N–H and O–H groups in total. The number of hydrogen-bond acceptors (Lipinski definition) is 1. The minimum absolute atomic E-state index is 0.637. The summed E-state index contributed by atoms with van der Waals surface area (Å²) in [5.74, 6) is 0.637. The standard InChI is InChI=1S/C25H22ClN/c1-17-14-24-21-9-7-18-6-8-19(26)16-23(18)20(21)10-11-22(24)25(15-17)27-12-4-2-3-5-13-27/h2-8,10-13,16-17H,9,14-15H2,1H3. The Morgan fingerprint density at radius 3 is 2.44 bits per heavy atom. The fraction of sp³-hybridized carbons (Fsp3) is 0.200. The largest absolute Gasteiger partial charge is 0.327 e. The monoisotopic (exact) mass is 371 g/mol. The highest BCUT2D eigenvalue weighted by Gasteiger charge is 2.22. The van der Waals surface area contributed by atoms with Crippen LogP contribution in [0.25, 0.3) is 11.8 Å². The summed E-state index contributed by atoms with van der Waals surface area (Å²) in [7, 11) is 0. The Morgan fingerprint density at radius 1 is 0.852 bits per heavy atom. The lowest BCUT2D eigenvalue weighted by molar-refractivity contribution is 0.528. The smallest absolute Gasteiger partial charge is 0.0412 e.